The lowest BCUT2D eigenvalue weighted by Gasteiger charge is -2.11. The molecular formula is C18H23ClN4S. The van der Waals surface area contributed by atoms with Gasteiger partial charge in [-0.25, -0.2) is 4.98 Å². The Hall–Kier alpha value is -1.59. The summed E-state index contributed by atoms with van der Waals surface area (Å²) in [6, 6.07) is 8.55. The van der Waals surface area contributed by atoms with Crippen molar-refractivity contribution in [1.82, 2.24) is 15.6 Å². The van der Waals surface area contributed by atoms with Crippen LogP contribution >= 0.6 is 22.9 Å². The standard InChI is InChI=1S/C18H23ClN4S/c1-3-14-11-22-17(24-14)7-8-21-18(20-2)23-16-10-15(16)12-5-4-6-13(19)9-12/h4-6,9,11,15-16H,3,7-8,10H2,1-2H3,(H2,20,21,23). The third-order valence-electron chi connectivity index (χ3n) is 4.19. The van der Waals surface area contributed by atoms with Crippen molar-refractivity contribution in [2.45, 2.75) is 38.1 Å². The summed E-state index contributed by atoms with van der Waals surface area (Å²) in [5, 5.41) is 8.85. The molecule has 2 atom stereocenters. The summed E-state index contributed by atoms with van der Waals surface area (Å²) in [5.41, 5.74) is 1.30. The number of guanidine groups is 1. The molecule has 4 nitrogen and oxygen atoms in total. The highest BCUT2D eigenvalue weighted by molar-refractivity contribution is 7.11. The third kappa shape index (κ3) is 4.48. The number of halogens is 1. The number of thiazole rings is 1. The summed E-state index contributed by atoms with van der Waals surface area (Å²) in [6.45, 7) is 3.00. The van der Waals surface area contributed by atoms with E-state index in [1.54, 1.807) is 11.3 Å². The molecule has 3 rings (SSSR count). The molecular weight excluding hydrogens is 340 g/mol. The zero-order chi connectivity index (χ0) is 16.9. The molecule has 1 aliphatic rings. The van der Waals surface area contributed by atoms with Crippen LogP contribution in [0.15, 0.2) is 35.5 Å². The lowest BCUT2D eigenvalue weighted by molar-refractivity contribution is 0.778. The second-order valence-corrected chi connectivity index (χ2v) is 7.61. The monoisotopic (exact) mass is 362 g/mol. The molecule has 1 heterocycles. The van der Waals surface area contributed by atoms with E-state index in [1.807, 2.05) is 25.4 Å². The van der Waals surface area contributed by atoms with E-state index in [-0.39, 0.29) is 0 Å². The van der Waals surface area contributed by atoms with Gasteiger partial charge in [0.1, 0.15) is 0 Å². The zero-order valence-corrected chi connectivity index (χ0v) is 15.6. The fourth-order valence-corrected chi connectivity index (χ4v) is 3.81. The fraction of sp³-hybridized carbons (Fsp3) is 0.444. The minimum absolute atomic E-state index is 0.432. The molecule has 1 saturated carbocycles. The first-order chi connectivity index (χ1) is 11.7. The number of nitrogens with one attached hydrogen (secondary N) is 2. The largest absolute Gasteiger partial charge is 0.356 e. The molecule has 1 aliphatic carbocycles. The van der Waals surface area contributed by atoms with Crippen molar-refractivity contribution in [2.75, 3.05) is 13.6 Å². The van der Waals surface area contributed by atoms with Crippen LogP contribution in [0.1, 0.15) is 34.7 Å². The molecule has 0 radical (unpaired) electrons. The molecule has 2 N–H and O–H groups in total. The Balaban J connectivity index is 1.44. The molecule has 6 heteroatoms. The molecule has 1 fully saturated rings. The Bertz CT molecular complexity index is 713. The van der Waals surface area contributed by atoms with Gasteiger partial charge in [-0.2, -0.15) is 0 Å². The van der Waals surface area contributed by atoms with Crippen LogP contribution in [0.5, 0.6) is 0 Å². The van der Waals surface area contributed by atoms with Gasteiger partial charge in [-0.15, -0.1) is 11.3 Å². The number of aryl methyl sites for hydroxylation is 1. The minimum atomic E-state index is 0.432. The Labute approximate surface area is 152 Å². The van der Waals surface area contributed by atoms with Crippen LogP contribution in [-0.4, -0.2) is 30.6 Å². The van der Waals surface area contributed by atoms with Crippen molar-refractivity contribution in [2.24, 2.45) is 4.99 Å². The predicted molar refractivity (Wildman–Crippen MR) is 102 cm³/mol. The molecule has 0 amide bonds. The Morgan fingerprint density at radius 3 is 3.04 bits per heavy atom. The van der Waals surface area contributed by atoms with Crippen molar-refractivity contribution in [1.29, 1.82) is 0 Å². The fourth-order valence-electron chi connectivity index (χ4n) is 2.75. The molecule has 128 valence electrons. The van der Waals surface area contributed by atoms with Crippen molar-refractivity contribution in [3.05, 3.63) is 50.9 Å². The van der Waals surface area contributed by atoms with Crippen molar-refractivity contribution < 1.29 is 0 Å². The van der Waals surface area contributed by atoms with Gasteiger partial charge in [0, 0.05) is 48.1 Å². The van der Waals surface area contributed by atoms with Crippen LogP contribution in [0.25, 0.3) is 0 Å². The first kappa shape index (κ1) is 17.2. The van der Waals surface area contributed by atoms with Crippen molar-refractivity contribution >= 4 is 28.9 Å². The van der Waals surface area contributed by atoms with Gasteiger partial charge in [0.05, 0.1) is 5.01 Å². The van der Waals surface area contributed by atoms with E-state index < -0.39 is 0 Å². The number of nitrogens with zero attached hydrogens (tertiary/aromatic N) is 2. The maximum atomic E-state index is 6.07. The van der Waals surface area contributed by atoms with E-state index in [2.05, 4.69) is 39.7 Å². The van der Waals surface area contributed by atoms with E-state index in [4.69, 9.17) is 11.6 Å². The third-order valence-corrected chi connectivity index (χ3v) is 5.63. The topological polar surface area (TPSA) is 49.3 Å². The van der Waals surface area contributed by atoms with Crippen molar-refractivity contribution in [3.8, 4) is 0 Å². The average Bonchev–Trinajstić information content (AvgIpc) is 3.21. The van der Waals surface area contributed by atoms with E-state index >= 15 is 0 Å². The maximum Gasteiger partial charge on any atom is 0.191 e. The van der Waals surface area contributed by atoms with E-state index in [0.29, 0.717) is 12.0 Å². The van der Waals surface area contributed by atoms with Crippen LogP contribution in [0.2, 0.25) is 5.02 Å². The van der Waals surface area contributed by atoms with E-state index in [1.165, 1.54) is 15.4 Å². The Kier molecular flexibility index (Phi) is 5.74. The van der Waals surface area contributed by atoms with Gasteiger partial charge in [-0.1, -0.05) is 30.7 Å². The lowest BCUT2D eigenvalue weighted by atomic mass is 10.1. The molecule has 2 aromatic rings. The van der Waals surface area contributed by atoms with Gasteiger partial charge in [0.15, 0.2) is 5.96 Å². The molecule has 0 bridgehead atoms. The first-order valence-corrected chi connectivity index (χ1v) is 9.55. The number of hydrogen-bond donors (Lipinski definition) is 2. The van der Waals surface area contributed by atoms with Gasteiger partial charge >= 0.3 is 0 Å². The summed E-state index contributed by atoms with van der Waals surface area (Å²) in [7, 11) is 1.81. The summed E-state index contributed by atoms with van der Waals surface area (Å²) in [6.07, 6.45) is 5.08. The van der Waals surface area contributed by atoms with E-state index in [0.717, 1.165) is 36.8 Å². The van der Waals surface area contributed by atoms with Gasteiger partial charge < -0.3 is 10.6 Å². The highest BCUT2D eigenvalue weighted by atomic mass is 35.5. The lowest BCUT2D eigenvalue weighted by Crippen LogP contribution is -2.39. The number of hydrogen-bond acceptors (Lipinski definition) is 3. The number of aromatic nitrogens is 1. The van der Waals surface area contributed by atoms with Gasteiger partial charge in [-0.05, 0) is 30.5 Å². The van der Waals surface area contributed by atoms with Crippen LogP contribution in [0, 0.1) is 0 Å². The summed E-state index contributed by atoms with van der Waals surface area (Å²) in [5.74, 6) is 1.38. The summed E-state index contributed by atoms with van der Waals surface area (Å²) >= 11 is 7.87. The highest BCUT2D eigenvalue weighted by Gasteiger charge is 2.39. The summed E-state index contributed by atoms with van der Waals surface area (Å²) < 4.78 is 0. The quantitative estimate of drug-likeness (QED) is 0.609. The molecule has 24 heavy (non-hydrogen) atoms. The van der Waals surface area contributed by atoms with Crippen LogP contribution < -0.4 is 10.6 Å². The highest BCUT2D eigenvalue weighted by Crippen LogP contribution is 2.41. The van der Waals surface area contributed by atoms with Crippen LogP contribution in [0.4, 0.5) is 0 Å². The zero-order valence-electron chi connectivity index (χ0n) is 14.1. The smallest absolute Gasteiger partial charge is 0.191 e. The molecule has 0 spiro atoms. The molecule has 0 saturated heterocycles. The number of benzene rings is 1. The van der Waals surface area contributed by atoms with Crippen LogP contribution in [0.3, 0.4) is 0 Å². The number of rotatable bonds is 6. The Morgan fingerprint density at radius 2 is 2.33 bits per heavy atom. The van der Waals surface area contributed by atoms with Gasteiger partial charge in [0.25, 0.3) is 0 Å². The molecule has 1 aromatic carbocycles. The van der Waals surface area contributed by atoms with Gasteiger partial charge in [0.2, 0.25) is 0 Å². The maximum absolute atomic E-state index is 6.07. The Morgan fingerprint density at radius 1 is 1.46 bits per heavy atom. The SMILES string of the molecule is CCc1cnc(CCNC(=NC)NC2CC2c2cccc(Cl)c2)s1. The average molecular weight is 363 g/mol. The van der Waals surface area contributed by atoms with Gasteiger partial charge in [-0.3, -0.25) is 4.99 Å². The number of aliphatic imine (C=N–C) groups is 1. The summed E-state index contributed by atoms with van der Waals surface area (Å²) in [4.78, 5) is 10.1. The van der Waals surface area contributed by atoms with E-state index in [9.17, 15) is 0 Å². The normalized spacial score (nSPS) is 20.0. The predicted octanol–water partition coefficient (Wildman–Crippen LogP) is 3.62. The second kappa shape index (κ2) is 7.99. The molecule has 0 aliphatic heterocycles. The second-order valence-electron chi connectivity index (χ2n) is 5.97. The minimum Gasteiger partial charge on any atom is -0.356 e. The molecule has 2 unspecified atom stereocenters. The van der Waals surface area contributed by atoms with Crippen molar-refractivity contribution in [3.63, 3.8) is 0 Å². The first-order valence-electron chi connectivity index (χ1n) is 8.35. The molecule has 1 aromatic heterocycles. The van der Waals surface area contributed by atoms with Crippen LogP contribution in [-0.2, 0) is 12.8 Å².